The molecule has 2 aromatic carbocycles. The summed E-state index contributed by atoms with van der Waals surface area (Å²) in [6.07, 6.45) is -0.109. The van der Waals surface area contributed by atoms with Crippen molar-refractivity contribution in [3.63, 3.8) is 0 Å². The second kappa shape index (κ2) is 7.15. The molecule has 1 aliphatic heterocycles. The van der Waals surface area contributed by atoms with E-state index in [4.69, 9.17) is 0 Å². The van der Waals surface area contributed by atoms with Gasteiger partial charge in [-0.05, 0) is 24.3 Å². The normalized spacial score (nSPS) is 12.9. The monoisotopic (exact) mass is 392 g/mol. The van der Waals surface area contributed by atoms with Crippen LogP contribution in [0, 0.1) is 0 Å². The zero-order valence-corrected chi connectivity index (χ0v) is 15.4. The number of carbonyl (C=O) groups is 4. The van der Waals surface area contributed by atoms with Gasteiger partial charge in [0.1, 0.15) is 5.52 Å². The standard InChI is InChI=1S/C19H16N6O4/c1-20-16(26)10-11-23(19(29)24-15-9-5-4-8-14(15)21-22-24)25-17(27)12-6-2-3-7-13(12)18(25)28/h2-9H,10-11H2,1H3,(H,20,26). The SMILES string of the molecule is CNC(=O)CCN(C(=O)n1nnc2ccccc21)N1C(=O)c2ccccc2C1=O. The Labute approximate surface area is 164 Å². The molecule has 146 valence electrons. The van der Waals surface area contributed by atoms with Gasteiger partial charge < -0.3 is 5.32 Å². The van der Waals surface area contributed by atoms with E-state index in [1.165, 1.54) is 19.2 Å². The van der Waals surface area contributed by atoms with Crippen molar-refractivity contribution in [1.29, 1.82) is 0 Å². The highest BCUT2D eigenvalue weighted by atomic mass is 16.2. The number of nitrogens with one attached hydrogen (secondary N) is 1. The Kier molecular flexibility index (Phi) is 4.51. The van der Waals surface area contributed by atoms with Crippen LogP contribution in [0.5, 0.6) is 0 Å². The van der Waals surface area contributed by atoms with Gasteiger partial charge in [0.2, 0.25) is 5.91 Å². The van der Waals surface area contributed by atoms with Crippen LogP contribution in [0.25, 0.3) is 11.0 Å². The number of rotatable bonds is 4. The zero-order valence-electron chi connectivity index (χ0n) is 15.4. The summed E-state index contributed by atoms with van der Waals surface area (Å²) >= 11 is 0. The van der Waals surface area contributed by atoms with Crippen LogP contribution in [0.15, 0.2) is 48.5 Å². The minimum atomic E-state index is -0.767. The molecule has 0 spiro atoms. The minimum Gasteiger partial charge on any atom is -0.359 e. The van der Waals surface area contributed by atoms with Crippen molar-refractivity contribution in [2.75, 3.05) is 13.6 Å². The summed E-state index contributed by atoms with van der Waals surface area (Å²) < 4.78 is 1.00. The fraction of sp³-hybridized carbons (Fsp3) is 0.158. The number of hydrogen-bond donors (Lipinski definition) is 1. The fourth-order valence-corrected chi connectivity index (χ4v) is 3.13. The first-order valence-electron chi connectivity index (χ1n) is 8.83. The lowest BCUT2D eigenvalue weighted by molar-refractivity contribution is -0.121. The van der Waals surface area contributed by atoms with E-state index in [0.717, 1.165) is 14.7 Å². The first-order valence-corrected chi connectivity index (χ1v) is 8.83. The molecule has 0 saturated carbocycles. The van der Waals surface area contributed by atoms with E-state index in [9.17, 15) is 19.2 Å². The first-order chi connectivity index (χ1) is 14.0. The molecule has 0 fully saturated rings. The van der Waals surface area contributed by atoms with Crippen molar-refractivity contribution in [3.05, 3.63) is 59.7 Å². The average Bonchev–Trinajstić information content (AvgIpc) is 3.28. The highest BCUT2D eigenvalue weighted by molar-refractivity contribution is 6.21. The summed E-state index contributed by atoms with van der Waals surface area (Å²) in [6, 6.07) is 12.3. The Bertz CT molecular complexity index is 1120. The van der Waals surface area contributed by atoms with E-state index < -0.39 is 17.8 Å². The molecule has 0 atom stereocenters. The Morgan fingerprint density at radius 1 is 1.00 bits per heavy atom. The molecule has 29 heavy (non-hydrogen) atoms. The summed E-state index contributed by atoms with van der Waals surface area (Å²) in [5.74, 6) is -1.62. The van der Waals surface area contributed by atoms with Crippen molar-refractivity contribution in [2.45, 2.75) is 6.42 Å². The molecule has 0 bridgehead atoms. The predicted molar refractivity (Wildman–Crippen MR) is 101 cm³/mol. The number of carbonyl (C=O) groups excluding carboxylic acids is 4. The van der Waals surface area contributed by atoms with Gasteiger partial charge >= 0.3 is 6.03 Å². The zero-order chi connectivity index (χ0) is 20.5. The molecule has 0 aliphatic carbocycles. The number of fused-ring (bicyclic) bond motifs is 2. The lowest BCUT2D eigenvalue weighted by Gasteiger charge is -2.29. The number of hydrogen-bond acceptors (Lipinski definition) is 6. The number of benzene rings is 2. The highest BCUT2D eigenvalue weighted by Crippen LogP contribution is 2.25. The van der Waals surface area contributed by atoms with Crippen LogP contribution in [-0.4, -0.2) is 62.4 Å². The molecule has 4 amide bonds. The Hall–Kier alpha value is -4.08. The molecule has 0 saturated heterocycles. The molecular formula is C19H16N6O4. The smallest absolute Gasteiger partial charge is 0.359 e. The van der Waals surface area contributed by atoms with Crippen LogP contribution >= 0.6 is 0 Å². The average molecular weight is 392 g/mol. The van der Waals surface area contributed by atoms with Gasteiger partial charge in [0.25, 0.3) is 11.8 Å². The van der Waals surface area contributed by atoms with Gasteiger partial charge in [0, 0.05) is 13.5 Å². The quantitative estimate of drug-likeness (QED) is 0.663. The second-order valence-corrected chi connectivity index (χ2v) is 6.29. The molecule has 0 unspecified atom stereocenters. The van der Waals surface area contributed by atoms with Crippen LogP contribution in [0.1, 0.15) is 27.1 Å². The summed E-state index contributed by atoms with van der Waals surface area (Å²) in [6.45, 7) is -0.196. The topological polar surface area (TPSA) is 118 Å². The van der Waals surface area contributed by atoms with Crippen LogP contribution in [0.2, 0.25) is 0 Å². The van der Waals surface area contributed by atoms with E-state index in [-0.39, 0.29) is 30.0 Å². The summed E-state index contributed by atoms with van der Waals surface area (Å²) in [5.41, 5.74) is 1.28. The van der Waals surface area contributed by atoms with Gasteiger partial charge in [0.05, 0.1) is 23.2 Å². The van der Waals surface area contributed by atoms with Gasteiger partial charge in [-0.15, -0.1) is 5.10 Å². The Morgan fingerprint density at radius 3 is 2.28 bits per heavy atom. The Balaban J connectivity index is 1.74. The van der Waals surface area contributed by atoms with Crippen molar-refractivity contribution in [3.8, 4) is 0 Å². The van der Waals surface area contributed by atoms with Gasteiger partial charge in [-0.1, -0.05) is 29.5 Å². The molecule has 1 aliphatic rings. The number of nitrogens with zero attached hydrogens (tertiary/aromatic N) is 5. The molecule has 1 aromatic heterocycles. The number of aromatic nitrogens is 3. The molecule has 1 N–H and O–H groups in total. The maximum atomic E-state index is 13.3. The van der Waals surface area contributed by atoms with Crippen LogP contribution in [-0.2, 0) is 4.79 Å². The fourth-order valence-electron chi connectivity index (χ4n) is 3.13. The molecule has 0 radical (unpaired) electrons. The predicted octanol–water partition coefficient (Wildman–Crippen LogP) is 1.05. The van der Waals surface area contributed by atoms with E-state index >= 15 is 0 Å². The third-order valence-electron chi connectivity index (χ3n) is 4.60. The van der Waals surface area contributed by atoms with Crippen LogP contribution in [0.4, 0.5) is 4.79 Å². The largest absolute Gasteiger partial charge is 0.366 e. The molecule has 10 nitrogen and oxygen atoms in total. The van der Waals surface area contributed by atoms with E-state index in [1.807, 2.05) is 0 Å². The number of amides is 4. The molecule has 2 heterocycles. The molecule has 3 aromatic rings. The van der Waals surface area contributed by atoms with Crippen molar-refractivity contribution >= 4 is 34.8 Å². The van der Waals surface area contributed by atoms with E-state index in [2.05, 4.69) is 15.6 Å². The van der Waals surface area contributed by atoms with Crippen LogP contribution in [0.3, 0.4) is 0 Å². The molecular weight excluding hydrogens is 376 g/mol. The van der Waals surface area contributed by atoms with Gasteiger partial charge in [-0.3, -0.25) is 14.4 Å². The second-order valence-electron chi connectivity index (χ2n) is 6.29. The van der Waals surface area contributed by atoms with Crippen LogP contribution < -0.4 is 5.32 Å². The lowest BCUT2D eigenvalue weighted by atomic mass is 10.1. The van der Waals surface area contributed by atoms with Gasteiger partial charge in [0.15, 0.2) is 0 Å². The number of imide groups is 1. The summed E-state index contributed by atoms with van der Waals surface area (Å²) in [7, 11) is 1.46. The molecule has 4 rings (SSSR count). The number of para-hydroxylation sites is 1. The summed E-state index contributed by atoms with van der Waals surface area (Å²) in [5, 5.41) is 11.9. The first kappa shape index (κ1) is 18.3. The maximum absolute atomic E-state index is 13.3. The minimum absolute atomic E-state index is 0.109. The van der Waals surface area contributed by atoms with Gasteiger partial charge in [-0.25, -0.2) is 9.80 Å². The van der Waals surface area contributed by atoms with Crippen molar-refractivity contribution in [1.82, 2.24) is 30.3 Å². The number of hydrazine groups is 1. The van der Waals surface area contributed by atoms with E-state index in [0.29, 0.717) is 11.0 Å². The highest BCUT2D eigenvalue weighted by Gasteiger charge is 2.42. The Morgan fingerprint density at radius 2 is 1.62 bits per heavy atom. The van der Waals surface area contributed by atoms with Crippen molar-refractivity contribution < 1.29 is 19.2 Å². The van der Waals surface area contributed by atoms with Gasteiger partial charge in [-0.2, -0.15) is 9.69 Å². The lowest BCUT2D eigenvalue weighted by Crippen LogP contribution is -2.52. The summed E-state index contributed by atoms with van der Waals surface area (Å²) in [4.78, 5) is 50.8. The van der Waals surface area contributed by atoms with Crippen molar-refractivity contribution in [2.24, 2.45) is 0 Å². The molecule has 10 heteroatoms. The maximum Gasteiger partial charge on any atom is 0.366 e. The third-order valence-corrected chi connectivity index (χ3v) is 4.60. The van der Waals surface area contributed by atoms with E-state index in [1.54, 1.807) is 36.4 Å². The third kappa shape index (κ3) is 3.00.